The van der Waals surface area contributed by atoms with E-state index in [1.54, 1.807) is 24.3 Å². The Balaban J connectivity index is 1.90. The van der Waals surface area contributed by atoms with Gasteiger partial charge in [-0.3, -0.25) is 5.10 Å². The van der Waals surface area contributed by atoms with Crippen LogP contribution in [0.15, 0.2) is 24.3 Å². The number of aliphatic hydroxyl groups is 4. The molecule has 0 unspecified atom stereocenters. The van der Waals surface area contributed by atoms with E-state index in [1.165, 1.54) is 0 Å². The number of rotatable bonds is 5. The summed E-state index contributed by atoms with van der Waals surface area (Å²) in [6.07, 6.45) is -12.9. The number of alkyl halides is 3. The molecule has 5 atom stereocenters. The molecule has 0 saturated carbocycles. The summed E-state index contributed by atoms with van der Waals surface area (Å²) in [6.45, 7) is 1.14. The van der Waals surface area contributed by atoms with Gasteiger partial charge in [-0.25, -0.2) is 0 Å². The molecule has 5 N–H and O–H groups in total. The molecule has 0 amide bonds. The van der Waals surface area contributed by atoms with E-state index >= 15 is 0 Å². The predicted octanol–water partition coefficient (Wildman–Crippen LogP) is 0.506. The summed E-state index contributed by atoms with van der Waals surface area (Å²) in [5, 5.41) is 44.4. The number of nitrogens with one attached hydrogen (secondary N) is 1. The van der Waals surface area contributed by atoms with E-state index in [2.05, 4.69) is 5.10 Å². The fraction of sp³-hybridized carbons (Fsp3) is 0.500. The first-order valence-corrected chi connectivity index (χ1v) is 8.79. The maximum absolute atomic E-state index is 13.4. The molecule has 1 aliphatic heterocycles. The fourth-order valence-electron chi connectivity index (χ4n) is 3.03. The fourth-order valence-corrected chi connectivity index (χ4v) is 3.03. The summed E-state index contributed by atoms with van der Waals surface area (Å²) < 4.78 is 50.7. The van der Waals surface area contributed by atoms with Crippen LogP contribution in [0.3, 0.4) is 0 Å². The van der Waals surface area contributed by atoms with E-state index < -0.39 is 55.1 Å². The Morgan fingerprint density at radius 3 is 2.34 bits per heavy atom. The highest BCUT2D eigenvalue weighted by Gasteiger charge is 2.46. The first-order valence-electron chi connectivity index (χ1n) is 8.79. The van der Waals surface area contributed by atoms with Crippen LogP contribution in [0.1, 0.15) is 22.4 Å². The Labute approximate surface area is 163 Å². The van der Waals surface area contributed by atoms with Crippen molar-refractivity contribution in [3.05, 3.63) is 46.6 Å². The lowest BCUT2D eigenvalue weighted by molar-refractivity contribution is -0.278. The Hall–Kier alpha value is -2.18. The Morgan fingerprint density at radius 2 is 1.76 bits per heavy atom. The van der Waals surface area contributed by atoms with E-state index in [0.717, 1.165) is 5.56 Å². The van der Waals surface area contributed by atoms with E-state index in [9.17, 15) is 33.6 Å². The Bertz CT molecular complexity index is 824. The molecule has 1 aromatic heterocycles. The zero-order chi connectivity index (χ0) is 21.3. The molecule has 0 bridgehead atoms. The van der Waals surface area contributed by atoms with Gasteiger partial charge in [0.05, 0.1) is 12.2 Å². The highest BCUT2D eigenvalue weighted by Crippen LogP contribution is 2.36. The number of benzene rings is 1. The van der Waals surface area contributed by atoms with Crippen molar-refractivity contribution in [2.75, 3.05) is 6.61 Å². The molecular formula is C18H21F3N2O6. The summed E-state index contributed by atoms with van der Waals surface area (Å²) in [5.41, 5.74) is 0.0897. The molecule has 1 aliphatic rings. The van der Waals surface area contributed by atoms with Gasteiger partial charge < -0.3 is 29.9 Å². The first-order chi connectivity index (χ1) is 13.6. The highest BCUT2D eigenvalue weighted by atomic mass is 19.4. The topological polar surface area (TPSA) is 128 Å². The molecule has 11 heteroatoms. The van der Waals surface area contributed by atoms with E-state index in [0.29, 0.717) is 5.56 Å². The quantitative estimate of drug-likeness (QED) is 0.479. The molecule has 3 rings (SSSR count). The molecule has 2 heterocycles. The lowest BCUT2D eigenvalue weighted by atomic mass is 9.99. The second-order valence-corrected chi connectivity index (χ2v) is 6.86. The number of nitrogens with zero attached hydrogens (tertiary/aromatic N) is 1. The normalized spacial score (nSPS) is 27.8. The van der Waals surface area contributed by atoms with Gasteiger partial charge in [0, 0.05) is 6.42 Å². The van der Waals surface area contributed by atoms with Gasteiger partial charge >= 0.3 is 6.18 Å². The summed E-state index contributed by atoms with van der Waals surface area (Å²) in [5.74, 6) is -0.470. The minimum atomic E-state index is -4.73. The number of H-pyrrole nitrogens is 1. The number of aliphatic hydroxyl groups excluding tert-OH is 4. The van der Waals surface area contributed by atoms with Crippen LogP contribution in [0.25, 0.3) is 0 Å². The smallest absolute Gasteiger partial charge is 0.433 e. The van der Waals surface area contributed by atoms with Gasteiger partial charge in [-0.15, -0.1) is 5.10 Å². The van der Waals surface area contributed by atoms with Gasteiger partial charge in [0.1, 0.15) is 30.1 Å². The summed E-state index contributed by atoms with van der Waals surface area (Å²) >= 11 is 0. The molecule has 1 aromatic carbocycles. The van der Waals surface area contributed by atoms with E-state index in [1.807, 2.05) is 12.0 Å². The number of ether oxygens (including phenoxy) is 2. The van der Waals surface area contributed by atoms with Gasteiger partial charge in [0.15, 0.2) is 0 Å². The third kappa shape index (κ3) is 4.54. The van der Waals surface area contributed by atoms with Crippen LogP contribution < -0.4 is 4.74 Å². The molecular weight excluding hydrogens is 397 g/mol. The lowest BCUT2D eigenvalue weighted by Crippen LogP contribution is -2.60. The second-order valence-electron chi connectivity index (χ2n) is 6.86. The molecule has 0 radical (unpaired) electrons. The van der Waals surface area contributed by atoms with Gasteiger partial charge in [0.25, 0.3) is 0 Å². The summed E-state index contributed by atoms with van der Waals surface area (Å²) in [4.78, 5) is 0. The molecule has 160 valence electrons. The Kier molecular flexibility index (Phi) is 6.15. The minimum Gasteiger partial charge on any atom is -0.443 e. The number of aryl methyl sites for hydroxylation is 1. The Morgan fingerprint density at radius 1 is 1.10 bits per heavy atom. The van der Waals surface area contributed by atoms with Crippen LogP contribution in [-0.2, 0) is 17.3 Å². The summed E-state index contributed by atoms with van der Waals surface area (Å²) in [7, 11) is 0. The molecule has 0 spiro atoms. The molecule has 29 heavy (non-hydrogen) atoms. The third-order valence-electron chi connectivity index (χ3n) is 4.69. The maximum Gasteiger partial charge on any atom is 0.433 e. The van der Waals surface area contributed by atoms with Crippen molar-refractivity contribution in [2.24, 2.45) is 0 Å². The minimum absolute atomic E-state index is 0.168. The molecule has 0 aliphatic carbocycles. The van der Waals surface area contributed by atoms with Crippen LogP contribution in [0.4, 0.5) is 13.2 Å². The number of halogens is 3. The second kappa shape index (κ2) is 8.28. The van der Waals surface area contributed by atoms with Crippen molar-refractivity contribution in [3.63, 3.8) is 0 Å². The van der Waals surface area contributed by atoms with Crippen molar-refractivity contribution in [2.45, 2.75) is 50.2 Å². The van der Waals surface area contributed by atoms with Crippen LogP contribution >= 0.6 is 0 Å². The molecule has 1 saturated heterocycles. The highest BCUT2D eigenvalue weighted by molar-refractivity contribution is 5.38. The van der Waals surface area contributed by atoms with Gasteiger partial charge in [-0.2, -0.15) is 13.2 Å². The number of aromatic amines is 1. The number of aromatic nitrogens is 2. The van der Waals surface area contributed by atoms with Gasteiger partial charge in [0.2, 0.25) is 12.2 Å². The average Bonchev–Trinajstić information content (AvgIpc) is 3.06. The SMILES string of the molecule is Cc1ccc(Cc2c(O[C@H]3O[C@H](CO)[C@@H](O)[C@H](O)[C@H]3O)n[nH]c2C(F)(F)F)cc1. The van der Waals surface area contributed by atoms with Gasteiger partial charge in [-0.05, 0) is 12.5 Å². The molecule has 1 fully saturated rings. The van der Waals surface area contributed by atoms with Crippen LogP contribution in [-0.4, -0.2) is 67.9 Å². The third-order valence-corrected chi connectivity index (χ3v) is 4.69. The average molecular weight is 418 g/mol. The monoisotopic (exact) mass is 418 g/mol. The number of hydrogen-bond acceptors (Lipinski definition) is 7. The van der Waals surface area contributed by atoms with Crippen molar-refractivity contribution in [1.29, 1.82) is 0 Å². The lowest BCUT2D eigenvalue weighted by Gasteiger charge is -2.39. The van der Waals surface area contributed by atoms with E-state index in [4.69, 9.17) is 9.47 Å². The zero-order valence-electron chi connectivity index (χ0n) is 15.3. The zero-order valence-corrected chi connectivity index (χ0v) is 15.3. The van der Waals surface area contributed by atoms with Crippen molar-refractivity contribution in [1.82, 2.24) is 10.2 Å². The standard InChI is InChI=1S/C18H21F3N2O6/c1-8-2-4-9(5-3-8)6-10-15(18(19,20)21)22-23-16(10)29-17-14(27)13(26)12(25)11(7-24)28-17/h2-5,11-14,17,24-27H,6-7H2,1H3,(H,22,23)/t11-,12-,13+,14-,17-/m1/s1. The van der Waals surface area contributed by atoms with Crippen LogP contribution in [0.2, 0.25) is 0 Å². The maximum atomic E-state index is 13.4. The molecule has 2 aromatic rings. The van der Waals surface area contributed by atoms with Crippen molar-refractivity contribution < 1.29 is 43.1 Å². The van der Waals surface area contributed by atoms with Crippen LogP contribution in [0.5, 0.6) is 5.88 Å². The largest absolute Gasteiger partial charge is 0.443 e. The van der Waals surface area contributed by atoms with Gasteiger partial charge in [-0.1, -0.05) is 29.8 Å². The van der Waals surface area contributed by atoms with Crippen molar-refractivity contribution >= 4 is 0 Å². The summed E-state index contributed by atoms with van der Waals surface area (Å²) in [6, 6.07) is 6.84. The predicted molar refractivity (Wildman–Crippen MR) is 92.0 cm³/mol. The van der Waals surface area contributed by atoms with Crippen LogP contribution in [0, 0.1) is 6.92 Å². The molecule has 8 nitrogen and oxygen atoms in total. The van der Waals surface area contributed by atoms with Crippen molar-refractivity contribution in [3.8, 4) is 5.88 Å². The van der Waals surface area contributed by atoms with E-state index in [-0.39, 0.29) is 12.0 Å². The number of hydrogen-bond donors (Lipinski definition) is 5. The first kappa shape index (κ1) is 21.5.